The smallest absolute Gasteiger partial charge is 0.145 e. The largest absolute Gasteiger partial charge is 0.365 e. The van der Waals surface area contributed by atoms with Gasteiger partial charge in [-0.1, -0.05) is 12.1 Å². The van der Waals surface area contributed by atoms with Crippen LogP contribution < -0.4 is 10.2 Å². The molecule has 0 bridgehead atoms. The summed E-state index contributed by atoms with van der Waals surface area (Å²) in [7, 11) is 3.96. The molecule has 1 N–H and O–H groups in total. The molecular weight excluding hydrogens is 262 g/mol. The SMILES string of the molecule is CN(C)c1cc(CNc2cnc3ccccc3n2)ccn1. The van der Waals surface area contributed by atoms with Crippen molar-refractivity contribution >= 4 is 22.7 Å². The third-order valence-corrected chi connectivity index (χ3v) is 3.19. The Morgan fingerprint density at radius 2 is 1.86 bits per heavy atom. The maximum atomic E-state index is 4.55. The van der Waals surface area contributed by atoms with Gasteiger partial charge in [0.2, 0.25) is 0 Å². The Kier molecular flexibility index (Phi) is 3.64. The van der Waals surface area contributed by atoms with Gasteiger partial charge in [-0.2, -0.15) is 0 Å². The monoisotopic (exact) mass is 279 g/mol. The van der Waals surface area contributed by atoms with Crippen molar-refractivity contribution in [1.29, 1.82) is 0 Å². The quantitative estimate of drug-likeness (QED) is 0.795. The molecule has 0 radical (unpaired) electrons. The molecule has 0 amide bonds. The lowest BCUT2D eigenvalue weighted by Gasteiger charge is -2.12. The Hall–Kier alpha value is -2.69. The van der Waals surface area contributed by atoms with Gasteiger partial charge in [-0.05, 0) is 29.8 Å². The van der Waals surface area contributed by atoms with Crippen molar-refractivity contribution in [3.63, 3.8) is 0 Å². The van der Waals surface area contributed by atoms with Crippen LogP contribution in [0.15, 0.2) is 48.8 Å². The number of nitrogens with one attached hydrogen (secondary N) is 1. The molecular formula is C16H17N5. The normalized spacial score (nSPS) is 10.6. The van der Waals surface area contributed by atoms with Crippen LogP contribution in [-0.4, -0.2) is 29.0 Å². The standard InChI is InChI=1S/C16H17N5/c1-21(2)16-9-12(7-8-17-16)10-19-15-11-18-13-5-3-4-6-14(13)20-15/h3-9,11H,10H2,1-2H3,(H,19,20). The summed E-state index contributed by atoms with van der Waals surface area (Å²) < 4.78 is 0. The van der Waals surface area contributed by atoms with Crippen molar-refractivity contribution in [3.8, 4) is 0 Å². The second-order valence-electron chi connectivity index (χ2n) is 5.01. The topological polar surface area (TPSA) is 53.9 Å². The summed E-state index contributed by atoms with van der Waals surface area (Å²) in [5, 5.41) is 3.30. The van der Waals surface area contributed by atoms with E-state index in [1.165, 1.54) is 0 Å². The number of hydrogen-bond acceptors (Lipinski definition) is 5. The number of anilines is 2. The van der Waals surface area contributed by atoms with E-state index in [1.807, 2.05) is 55.5 Å². The highest BCUT2D eigenvalue weighted by Gasteiger charge is 2.01. The average Bonchev–Trinajstić information content (AvgIpc) is 2.53. The molecule has 3 aromatic rings. The van der Waals surface area contributed by atoms with Crippen molar-refractivity contribution in [2.24, 2.45) is 0 Å². The second-order valence-corrected chi connectivity index (χ2v) is 5.01. The lowest BCUT2D eigenvalue weighted by molar-refractivity contribution is 1.04. The number of para-hydroxylation sites is 2. The number of hydrogen-bond donors (Lipinski definition) is 1. The molecule has 0 atom stereocenters. The first-order chi connectivity index (χ1) is 10.2. The van der Waals surface area contributed by atoms with Crippen LogP contribution in [0.2, 0.25) is 0 Å². The van der Waals surface area contributed by atoms with E-state index >= 15 is 0 Å². The summed E-state index contributed by atoms with van der Waals surface area (Å²) in [4.78, 5) is 15.2. The Bertz CT molecular complexity index is 754. The highest BCUT2D eigenvalue weighted by atomic mass is 15.1. The van der Waals surface area contributed by atoms with Crippen molar-refractivity contribution in [1.82, 2.24) is 15.0 Å². The molecule has 5 nitrogen and oxygen atoms in total. The Morgan fingerprint density at radius 1 is 1.05 bits per heavy atom. The zero-order chi connectivity index (χ0) is 14.7. The maximum absolute atomic E-state index is 4.55. The van der Waals surface area contributed by atoms with Crippen molar-refractivity contribution in [2.75, 3.05) is 24.3 Å². The third kappa shape index (κ3) is 3.08. The fourth-order valence-electron chi connectivity index (χ4n) is 2.05. The van der Waals surface area contributed by atoms with Crippen LogP contribution >= 0.6 is 0 Å². The van der Waals surface area contributed by atoms with Crippen LogP contribution in [0.25, 0.3) is 11.0 Å². The molecule has 0 aliphatic carbocycles. The van der Waals surface area contributed by atoms with Crippen LogP contribution in [0.5, 0.6) is 0 Å². The first kappa shape index (κ1) is 13.3. The summed E-state index contributed by atoms with van der Waals surface area (Å²) in [6, 6.07) is 11.9. The highest BCUT2D eigenvalue weighted by molar-refractivity contribution is 5.75. The Morgan fingerprint density at radius 3 is 2.67 bits per heavy atom. The third-order valence-electron chi connectivity index (χ3n) is 3.19. The molecule has 0 aliphatic rings. The minimum Gasteiger partial charge on any atom is -0.365 e. The Labute approximate surface area is 123 Å². The van der Waals surface area contributed by atoms with Gasteiger partial charge in [-0.15, -0.1) is 0 Å². The molecule has 0 fully saturated rings. The average molecular weight is 279 g/mol. The summed E-state index contributed by atoms with van der Waals surface area (Å²) in [5.41, 5.74) is 2.96. The first-order valence-electron chi connectivity index (χ1n) is 6.80. The van der Waals surface area contributed by atoms with Crippen LogP contribution in [0.4, 0.5) is 11.6 Å². The van der Waals surface area contributed by atoms with E-state index in [0.717, 1.165) is 28.2 Å². The summed E-state index contributed by atoms with van der Waals surface area (Å²) in [5.74, 6) is 1.72. The number of aromatic nitrogens is 3. The van der Waals surface area contributed by atoms with Gasteiger partial charge in [-0.25, -0.2) is 9.97 Å². The predicted octanol–water partition coefficient (Wildman–Crippen LogP) is 2.70. The summed E-state index contributed by atoms with van der Waals surface area (Å²) >= 11 is 0. The first-order valence-corrected chi connectivity index (χ1v) is 6.80. The van der Waals surface area contributed by atoms with Crippen molar-refractivity contribution in [3.05, 3.63) is 54.4 Å². The molecule has 2 aromatic heterocycles. The van der Waals surface area contributed by atoms with Gasteiger partial charge in [0.1, 0.15) is 11.6 Å². The molecule has 2 heterocycles. The van der Waals surface area contributed by atoms with E-state index < -0.39 is 0 Å². The number of benzene rings is 1. The van der Waals surface area contributed by atoms with Gasteiger partial charge in [0, 0.05) is 26.8 Å². The molecule has 0 unspecified atom stereocenters. The fraction of sp³-hybridized carbons (Fsp3) is 0.188. The number of pyridine rings is 1. The number of fused-ring (bicyclic) bond motifs is 1. The lowest BCUT2D eigenvalue weighted by atomic mass is 10.2. The zero-order valence-electron chi connectivity index (χ0n) is 12.1. The van der Waals surface area contributed by atoms with E-state index in [9.17, 15) is 0 Å². The van der Waals surface area contributed by atoms with Gasteiger partial charge < -0.3 is 10.2 Å². The van der Waals surface area contributed by atoms with Gasteiger partial charge >= 0.3 is 0 Å². The fourth-order valence-corrected chi connectivity index (χ4v) is 2.05. The van der Waals surface area contributed by atoms with Crippen molar-refractivity contribution < 1.29 is 0 Å². The van der Waals surface area contributed by atoms with E-state index in [4.69, 9.17) is 0 Å². The van der Waals surface area contributed by atoms with Gasteiger partial charge in [0.15, 0.2) is 0 Å². The minimum atomic E-state index is 0.691. The second kappa shape index (κ2) is 5.75. The van der Waals surface area contributed by atoms with E-state index in [-0.39, 0.29) is 0 Å². The molecule has 0 spiro atoms. The van der Waals surface area contributed by atoms with Crippen LogP contribution in [0.3, 0.4) is 0 Å². The van der Waals surface area contributed by atoms with Crippen LogP contribution in [-0.2, 0) is 6.54 Å². The lowest BCUT2D eigenvalue weighted by Crippen LogP contribution is -2.11. The Balaban J connectivity index is 1.75. The molecule has 21 heavy (non-hydrogen) atoms. The summed E-state index contributed by atoms with van der Waals surface area (Å²) in [6.07, 6.45) is 3.58. The van der Waals surface area contributed by atoms with E-state index in [2.05, 4.69) is 26.3 Å². The molecule has 5 heteroatoms. The van der Waals surface area contributed by atoms with Gasteiger partial charge in [-0.3, -0.25) is 4.98 Å². The molecule has 1 aromatic carbocycles. The summed E-state index contributed by atoms with van der Waals surface area (Å²) in [6.45, 7) is 0.691. The zero-order valence-corrected chi connectivity index (χ0v) is 12.1. The van der Waals surface area contributed by atoms with Crippen LogP contribution in [0, 0.1) is 0 Å². The molecule has 0 saturated heterocycles. The van der Waals surface area contributed by atoms with Gasteiger partial charge in [0.25, 0.3) is 0 Å². The molecule has 0 saturated carbocycles. The maximum Gasteiger partial charge on any atom is 0.145 e. The number of nitrogens with zero attached hydrogens (tertiary/aromatic N) is 4. The molecule has 3 rings (SSSR count). The molecule has 106 valence electrons. The molecule has 0 aliphatic heterocycles. The minimum absolute atomic E-state index is 0.691. The van der Waals surface area contributed by atoms with Crippen molar-refractivity contribution in [2.45, 2.75) is 6.54 Å². The van der Waals surface area contributed by atoms with Crippen LogP contribution in [0.1, 0.15) is 5.56 Å². The van der Waals surface area contributed by atoms with E-state index in [1.54, 1.807) is 6.20 Å². The van der Waals surface area contributed by atoms with E-state index in [0.29, 0.717) is 6.54 Å². The number of rotatable bonds is 4. The predicted molar refractivity (Wildman–Crippen MR) is 85.4 cm³/mol. The highest BCUT2D eigenvalue weighted by Crippen LogP contribution is 2.14. The van der Waals surface area contributed by atoms with Gasteiger partial charge in [0.05, 0.1) is 17.2 Å².